The van der Waals surface area contributed by atoms with Crippen LogP contribution in [-0.2, 0) is 11.3 Å². The highest BCUT2D eigenvalue weighted by Crippen LogP contribution is 2.11. The SMILES string of the molecule is CC(C)CNC(=O)CCNCc1cccc(Br)c1. The molecule has 0 saturated carbocycles. The van der Waals surface area contributed by atoms with Crippen LogP contribution in [0, 0.1) is 5.92 Å². The molecule has 0 radical (unpaired) electrons. The lowest BCUT2D eigenvalue weighted by Crippen LogP contribution is -2.30. The van der Waals surface area contributed by atoms with Crippen LogP contribution in [0.15, 0.2) is 28.7 Å². The molecule has 0 saturated heterocycles. The number of rotatable bonds is 7. The van der Waals surface area contributed by atoms with Crippen LogP contribution in [0.1, 0.15) is 25.8 Å². The van der Waals surface area contributed by atoms with Gasteiger partial charge in [0.05, 0.1) is 0 Å². The predicted octanol–water partition coefficient (Wildman–Crippen LogP) is 2.70. The molecule has 0 atom stereocenters. The lowest BCUT2D eigenvalue weighted by Gasteiger charge is -2.08. The normalized spacial score (nSPS) is 10.7. The number of benzene rings is 1. The van der Waals surface area contributed by atoms with Crippen molar-refractivity contribution >= 4 is 21.8 Å². The third-order valence-corrected chi connectivity index (χ3v) is 2.95. The Hall–Kier alpha value is -0.870. The number of halogens is 1. The van der Waals surface area contributed by atoms with Gasteiger partial charge in [0.15, 0.2) is 0 Å². The van der Waals surface area contributed by atoms with E-state index in [2.05, 4.69) is 52.5 Å². The molecule has 0 unspecified atom stereocenters. The summed E-state index contributed by atoms with van der Waals surface area (Å²) >= 11 is 3.44. The fraction of sp³-hybridized carbons (Fsp3) is 0.500. The van der Waals surface area contributed by atoms with Crippen molar-refractivity contribution in [3.63, 3.8) is 0 Å². The highest BCUT2D eigenvalue weighted by atomic mass is 79.9. The van der Waals surface area contributed by atoms with Crippen LogP contribution >= 0.6 is 15.9 Å². The van der Waals surface area contributed by atoms with Gasteiger partial charge in [-0.3, -0.25) is 4.79 Å². The molecule has 0 spiro atoms. The van der Waals surface area contributed by atoms with Crippen LogP contribution in [0.25, 0.3) is 0 Å². The lowest BCUT2D eigenvalue weighted by atomic mass is 10.2. The van der Waals surface area contributed by atoms with Crippen molar-refractivity contribution in [2.45, 2.75) is 26.8 Å². The summed E-state index contributed by atoms with van der Waals surface area (Å²) in [5, 5.41) is 6.17. The van der Waals surface area contributed by atoms with Gasteiger partial charge in [0, 0.05) is 30.5 Å². The number of carbonyl (C=O) groups excluding carboxylic acids is 1. The Bertz CT molecular complexity index is 380. The first-order valence-corrected chi connectivity index (χ1v) is 7.09. The van der Waals surface area contributed by atoms with E-state index in [9.17, 15) is 4.79 Å². The molecule has 1 amide bonds. The number of carbonyl (C=O) groups is 1. The molecule has 18 heavy (non-hydrogen) atoms. The van der Waals surface area contributed by atoms with E-state index in [1.807, 2.05) is 12.1 Å². The maximum atomic E-state index is 11.5. The van der Waals surface area contributed by atoms with Crippen molar-refractivity contribution in [3.8, 4) is 0 Å². The molecule has 0 bridgehead atoms. The third kappa shape index (κ3) is 6.77. The third-order valence-electron chi connectivity index (χ3n) is 2.45. The molecule has 2 N–H and O–H groups in total. The second-order valence-corrected chi connectivity index (χ2v) is 5.67. The molecule has 1 rings (SSSR count). The summed E-state index contributed by atoms with van der Waals surface area (Å²) in [4.78, 5) is 11.5. The summed E-state index contributed by atoms with van der Waals surface area (Å²) in [6, 6.07) is 8.15. The Morgan fingerprint density at radius 2 is 2.17 bits per heavy atom. The van der Waals surface area contributed by atoms with E-state index in [-0.39, 0.29) is 5.91 Å². The quantitative estimate of drug-likeness (QED) is 0.760. The summed E-state index contributed by atoms with van der Waals surface area (Å²) in [7, 11) is 0. The van der Waals surface area contributed by atoms with Crippen molar-refractivity contribution in [1.29, 1.82) is 0 Å². The van der Waals surface area contributed by atoms with Gasteiger partial charge in [-0.2, -0.15) is 0 Å². The van der Waals surface area contributed by atoms with Gasteiger partial charge in [0.1, 0.15) is 0 Å². The number of nitrogens with one attached hydrogen (secondary N) is 2. The Labute approximate surface area is 117 Å². The minimum Gasteiger partial charge on any atom is -0.356 e. The minimum atomic E-state index is 0.116. The number of hydrogen-bond donors (Lipinski definition) is 2. The molecule has 0 aliphatic heterocycles. The van der Waals surface area contributed by atoms with Crippen LogP contribution in [0.2, 0.25) is 0 Å². The van der Waals surface area contributed by atoms with E-state index in [0.717, 1.165) is 17.6 Å². The molecule has 0 heterocycles. The van der Waals surface area contributed by atoms with Gasteiger partial charge in [-0.1, -0.05) is 41.9 Å². The van der Waals surface area contributed by atoms with E-state index in [0.29, 0.717) is 18.9 Å². The highest BCUT2D eigenvalue weighted by molar-refractivity contribution is 9.10. The average Bonchev–Trinajstić information content (AvgIpc) is 2.32. The van der Waals surface area contributed by atoms with Gasteiger partial charge < -0.3 is 10.6 Å². The molecule has 0 fully saturated rings. The number of hydrogen-bond acceptors (Lipinski definition) is 2. The summed E-state index contributed by atoms with van der Waals surface area (Å²) in [5.41, 5.74) is 1.21. The topological polar surface area (TPSA) is 41.1 Å². The summed E-state index contributed by atoms with van der Waals surface area (Å²) in [6.45, 7) is 6.43. The average molecular weight is 313 g/mol. The zero-order valence-corrected chi connectivity index (χ0v) is 12.6. The predicted molar refractivity (Wildman–Crippen MR) is 78.3 cm³/mol. The van der Waals surface area contributed by atoms with Crippen LogP contribution in [0.4, 0.5) is 0 Å². The fourth-order valence-electron chi connectivity index (χ4n) is 1.49. The van der Waals surface area contributed by atoms with Crippen molar-refractivity contribution in [3.05, 3.63) is 34.3 Å². The molecule has 1 aromatic rings. The first kappa shape index (κ1) is 15.2. The van der Waals surface area contributed by atoms with Crippen LogP contribution in [0.3, 0.4) is 0 Å². The molecule has 100 valence electrons. The minimum absolute atomic E-state index is 0.116. The molecule has 1 aromatic carbocycles. The smallest absolute Gasteiger partial charge is 0.221 e. The van der Waals surface area contributed by atoms with Gasteiger partial charge in [-0.15, -0.1) is 0 Å². The van der Waals surface area contributed by atoms with E-state index < -0.39 is 0 Å². The maximum Gasteiger partial charge on any atom is 0.221 e. The van der Waals surface area contributed by atoms with Crippen LogP contribution < -0.4 is 10.6 Å². The molecular formula is C14H21BrN2O. The molecule has 0 aliphatic carbocycles. The Morgan fingerprint density at radius 1 is 1.39 bits per heavy atom. The zero-order valence-electron chi connectivity index (χ0n) is 11.0. The second kappa shape index (κ2) is 8.27. The van der Waals surface area contributed by atoms with Gasteiger partial charge in [0.2, 0.25) is 5.91 Å². The maximum absolute atomic E-state index is 11.5. The highest BCUT2D eigenvalue weighted by Gasteiger charge is 2.01. The molecule has 4 heteroatoms. The first-order chi connectivity index (χ1) is 8.58. The van der Waals surface area contributed by atoms with Crippen molar-refractivity contribution in [2.75, 3.05) is 13.1 Å². The second-order valence-electron chi connectivity index (χ2n) is 4.75. The first-order valence-electron chi connectivity index (χ1n) is 6.30. The molecule has 0 aromatic heterocycles. The lowest BCUT2D eigenvalue weighted by molar-refractivity contribution is -0.121. The van der Waals surface area contributed by atoms with Gasteiger partial charge in [-0.05, 0) is 23.6 Å². The molecule has 3 nitrogen and oxygen atoms in total. The van der Waals surface area contributed by atoms with Crippen molar-refractivity contribution in [2.24, 2.45) is 5.92 Å². The molecular weight excluding hydrogens is 292 g/mol. The summed E-state index contributed by atoms with van der Waals surface area (Å²) < 4.78 is 1.08. The van der Waals surface area contributed by atoms with Crippen LogP contribution in [-0.4, -0.2) is 19.0 Å². The number of amides is 1. The largest absolute Gasteiger partial charge is 0.356 e. The Kier molecular flexibility index (Phi) is 6.98. The van der Waals surface area contributed by atoms with Crippen molar-refractivity contribution < 1.29 is 4.79 Å². The van der Waals surface area contributed by atoms with E-state index in [1.165, 1.54) is 5.56 Å². The van der Waals surface area contributed by atoms with E-state index in [1.54, 1.807) is 0 Å². The Morgan fingerprint density at radius 3 is 2.83 bits per heavy atom. The zero-order chi connectivity index (χ0) is 13.4. The van der Waals surface area contributed by atoms with Gasteiger partial charge >= 0.3 is 0 Å². The van der Waals surface area contributed by atoms with Crippen molar-refractivity contribution in [1.82, 2.24) is 10.6 Å². The Balaban J connectivity index is 2.13. The van der Waals surface area contributed by atoms with Crippen LogP contribution in [0.5, 0.6) is 0 Å². The monoisotopic (exact) mass is 312 g/mol. The fourth-order valence-corrected chi connectivity index (χ4v) is 1.93. The van der Waals surface area contributed by atoms with E-state index >= 15 is 0 Å². The summed E-state index contributed by atoms with van der Waals surface area (Å²) in [5.74, 6) is 0.619. The van der Waals surface area contributed by atoms with E-state index in [4.69, 9.17) is 0 Å². The molecule has 0 aliphatic rings. The standard InChI is InChI=1S/C14H21BrN2O/c1-11(2)9-17-14(18)6-7-16-10-12-4-3-5-13(15)8-12/h3-5,8,11,16H,6-7,9-10H2,1-2H3,(H,17,18). The summed E-state index contributed by atoms with van der Waals surface area (Å²) in [6.07, 6.45) is 0.528. The van der Waals surface area contributed by atoms with Gasteiger partial charge in [-0.25, -0.2) is 0 Å². The van der Waals surface area contributed by atoms with Gasteiger partial charge in [0.25, 0.3) is 0 Å².